The van der Waals surface area contributed by atoms with Crippen molar-refractivity contribution in [2.75, 3.05) is 11.9 Å². The van der Waals surface area contributed by atoms with E-state index in [-0.39, 0.29) is 5.82 Å². The van der Waals surface area contributed by atoms with E-state index >= 15 is 0 Å². The smallest absolute Gasteiger partial charge is 0.128 e. The summed E-state index contributed by atoms with van der Waals surface area (Å²) in [5, 5.41) is 4.12. The Bertz CT molecular complexity index is 981. The maximum atomic E-state index is 13.6. The number of benzene rings is 2. The summed E-state index contributed by atoms with van der Waals surface area (Å²) < 4.78 is 13.6. The molecule has 0 unspecified atom stereocenters. The Hall–Kier alpha value is -2.92. The quantitative estimate of drug-likeness (QED) is 0.496. The van der Waals surface area contributed by atoms with Crippen molar-refractivity contribution in [2.45, 2.75) is 32.6 Å². The lowest BCUT2D eigenvalue weighted by Gasteiger charge is -2.07. The number of aromatic nitrogens is 1. The summed E-state index contributed by atoms with van der Waals surface area (Å²) in [5.74, 6) is -0.250. The topological polar surface area (TPSA) is 77.0 Å². The Labute approximate surface area is 165 Å². The predicted octanol–water partition coefficient (Wildman–Crippen LogP) is 4.72. The van der Waals surface area contributed by atoms with Crippen LogP contribution >= 0.6 is 0 Å². The maximum Gasteiger partial charge on any atom is 0.128 e. The molecular weight excluding hydrogens is 351 g/mol. The van der Waals surface area contributed by atoms with Gasteiger partial charge in [-0.15, -0.1) is 0 Å². The van der Waals surface area contributed by atoms with E-state index in [2.05, 4.69) is 22.4 Å². The summed E-state index contributed by atoms with van der Waals surface area (Å²) in [6.07, 6.45) is 6.08. The van der Waals surface area contributed by atoms with Gasteiger partial charge in [0.05, 0.1) is 16.9 Å². The average Bonchev–Trinajstić information content (AvgIpc) is 2.71. The molecule has 0 amide bonds. The third kappa shape index (κ3) is 5.08. The highest BCUT2D eigenvalue weighted by atomic mass is 19.1. The van der Waals surface area contributed by atoms with Crippen LogP contribution in [-0.2, 0) is 6.42 Å². The zero-order valence-electron chi connectivity index (χ0n) is 16.2. The van der Waals surface area contributed by atoms with Crippen molar-refractivity contribution in [1.82, 2.24) is 4.98 Å². The van der Waals surface area contributed by atoms with Crippen molar-refractivity contribution >= 4 is 22.3 Å². The lowest BCUT2D eigenvalue weighted by atomic mass is 10.0. The van der Waals surface area contributed by atoms with Gasteiger partial charge in [-0.1, -0.05) is 24.6 Å². The highest BCUT2D eigenvalue weighted by Gasteiger charge is 2.04. The number of pyridine rings is 1. The number of nitrogens with two attached hydrogens (primary N) is 2. The van der Waals surface area contributed by atoms with Gasteiger partial charge in [0.15, 0.2) is 0 Å². The molecule has 0 atom stereocenters. The van der Waals surface area contributed by atoms with Crippen LogP contribution in [0.15, 0.2) is 54.7 Å². The van der Waals surface area contributed by atoms with E-state index in [4.69, 9.17) is 11.5 Å². The first-order valence-electron chi connectivity index (χ1n) is 9.65. The second kappa shape index (κ2) is 9.33. The van der Waals surface area contributed by atoms with E-state index in [1.54, 1.807) is 19.2 Å². The Morgan fingerprint density at radius 2 is 1.93 bits per heavy atom. The summed E-state index contributed by atoms with van der Waals surface area (Å²) >= 11 is 0. The monoisotopic (exact) mass is 378 g/mol. The van der Waals surface area contributed by atoms with Crippen LogP contribution in [-0.4, -0.2) is 11.5 Å². The number of hydrogen-bond donors (Lipinski definition) is 3. The second-order valence-corrected chi connectivity index (χ2v) is 7.03. The normalized spacial score (nSPS) is 11.8. The van der Waals surface area contributed by atoms with Crippen LogP contribution in [0.25, 0.3) is 16.6 Å². The molecule has 4 nitrogen and oxygen atoms in total. The molecule has 146 valence electrons. The Balaban J connectivity index is 1.71. The largest absolute Gasteiger partial charge is 0.396 e. The maximum absolute atomic E-state index is 13.6. The number of aryl methyl sites for hydroxylation is 2. The average molecular weight is 378 g/mol. The van der Waals surface area contributed by atoms with E-state index in [1.165, 1.54) is 11.6 Å². The molecule has 5 heteroatoms. The molecule has 0 saturated heterocycles. The van der Waals surface area contributed by atoms with E-state index < -0.39 is 0 Å². The summed E-state index contributed by atoms with van der Waals surface area (Å²) in [4.78, 5) is 4.65. The first kappa shape index (κ1) is 19.8. The van der Waals surface area contributed by atoms with Crippen molar-refractivity contribution in [3.05, 3.63) is 77.4 Å². The summed E-state index contributed by atoms with van der Waals surface area (Å²) in [7, 11) is 0. The highest BCUT2D eigenvalue weighted by Crippen LogP contribution is 2.19. The summed E-state index contributed by atoms with van der Waals surface area (Å²) in [6, 6.07) is 15.3. The fraction of sp³-hybridized carbons (Fsp3) is 0.261. The molecule has 0 aliphatic rings. The molecule has 0 radical (unpaired) electrons. The lowest BCUT2D eigenvalue weighted by molar-refractivity contribution is 0.619. The zero-order valence-corrected chi connectivity index (χ0v) is 16.2. The Morgan fingerprint density at radius 1 is 1.07 bits per heavy atom. The van der Waals surface area contributed by atoms with Crippen LogP contribution in [0.5, 0.6) is 0 Å². The number of rotatable bonds is 8. The number of fused-ring (bicyclic) bond motifs is 1. The van der Waals surface area contributed by atoms with Crippen LogP contribution < -0.4 is 16.8 Å². The number of unbranched alkanes of at least 4 members (excludes halogenated alkanes) is 2. The van der Waals surface area contributed by atoms with Gasteiger partial charge in [-0.2, -0.15) is 0 Å². The van der Waals surface area contributed by atoms with Crippen molar-refractivity contribution in [1.29, 1.82) is 0 Å². The molecule has 1 heterocycles. The molecule has 2 aromatic carbocycles. The number of halogens is 1. The molecule has 5 N–H and O–H groups in total. The zero-order chi connectivity index (χ0) is 19.9. The molecule has 0 spiro atoms. The fourth-order valence-corrected chi connectivity index (χ4v) is 3.06. The number of nitrogens with one attached hydrogen (secondary N) is 1. The van der Waals surface area contributed by atoms with Gasteiger partial charge in [0.2, 0.25) is 0 Å². The van der Waals surface area contributed by atoms with Crippen molar-refractivity contribution in [3.63, 3.8) is 0 Å². The minimum atomic E-state index is -0.250. The van der Waals surface area contributed by atoms with Crippen LogP contribution in [0.2, 0.25) is 0 Å². The van der Waals surface area contributed by atoms with Gasteiger partial charge in [-0.25, -0.2) is 9.37 Å². The van der Waals surface area contributed by atoms with Gasteiger partial charge in [0, 0.05) is 17.3 Å². The molecule has 0 fully saturated rings. The SMILES string of the molecule is Cc1ccc(N/C=C(\N)c2ccc3cc(CCCCCN)ccc3n2)cc1F. The first-order chi connectivity index (χ1) is 13.6. The van der Waals surface area contributed by atoms with Gasteiger partial charge >= 0.3 is 0 Å². The number of anilines is 1. The standard InChI is InChI=1S/C23H27FN4/c1-16-6-9-19(14-20(16)24)27-15-21(26)23-11-8-18-13-17(5-3-2-4-12-25)7-10-22(18)28-23/h6-11,13-15,27H,2-5,12,25-26H2,1H3/b21-15-. The van der Waals surface area contributed by atoms with Crippen LogP contribution in [0, 0.1) is 12.7 Å². The van der Waals surface area contributed by atoms with Gasteiger partial charge in [0.1, 0.15) is 5.82 Å². The number of nitrogens with zero attached hydrogens (tertiary/aromatic N) is 1. The molecule has 3 rings (SSSR count). The summed E-state index contributed by atoms with van der Waals surface area (Å²) in [5.41, 5.74) is 16.3. The van der Waals surface area contributed by atoms with E-state index in [0.29, 0.717) is 22.6 Å². The minimum absolute atomic E-state index is 0.250. The van der Waals surface area contributed by atoms with Gasteiger partial charge in [0.25, 0.3) is 0 Å². The van der Waals surface area contributed by atoms with Gasteiger partial charge in [-0.05, 0) is 74.2 Å². The predicted molar refractivity (Wildman–Crippen MR) is 115 cm³/mol. The second-order valence-electron chi connectivity index (χ2n) is 7.03. The highest BCUT2D eigenvalue weighted by molar-refractivity contribution is 5.81. The molecular formula is C23H27FN4. The van der Waals surface area contributed by atoms with Crippen LogP contribution in [0.4, 0.5) is 10.1 Å². The minimum Gasteiger partial charge on any atom is -0.396 e. The molecule has 3 aromatic rings. The third-order valence-corrected chi connectivity index (χ3v) is 4.79. The van der Waals surface area contributed by atoms with E-state index in [0.717, 1.165) is 43.1 Å². The molecule has 0 bridgehead atoms. The fourth-order valence-electron chi connectivity index (χ4n) is 3.06. The Kier molecular flexibility index (Phi) is 6.61. The van der Waals surface area contributed by atoms with E-state index in [9.17, 15) is 4.39 Å². The molecule has 0 aliphatic heterocycles. The molecule has 0 aliphatic carbocycles. The van der Waals surface area contributed by atoms with Gasteiger partial charge < -0.3 is 16.8 Å². The van der Waals surface area contributed by atoms with Gasteiger partial charge in [-0.3, -0.25) is 0 Å². The first-order valence-corrected chi connectivity index (χ1v) is 9.65. The van der Waals surface area contributed by atoms with Crippen molar-refractivity contribution < 1.29 is 4.39 Å². The number of hydrogen-bond acceptors (Lipinski definition) is 4. The summed E-state index contributed by atoms with van der Waals surface area (Å²) in [6.45, 7) is 2.49. The molecule has 1 aromatic heterocycles. The lowest BCUT2D eigenvalue weighted by Crippen LogP contribution is -2.03. The van der Waals surface area contributed by atoms with E-state index in [1.807, 2.05) is 24.3 Å². The van der Waals surface area contributed by atoms with Crippen LogP contribution in [0.3, 0.4) is 0 Å². The molecule has 0 saturated carbocycles. The van der Waals surface area contributed by atoms with Crippen molar-refractivity contribution in [3.8, 4) is 0 Å². The Morgan fingerprint density at radius 3 is 2.71 bits per heavy atom. The van der Waals surface area contributed by atoms with Crippen molar-refractivity contribution in [2.24, 2.45) is 11.5 Å². The van der Waals surface area contributed by atoms with Crippen LogP contribution in [0.1, 0.15) is 36.1 Å². The third-order valence-electron chi connectivity index (χ3n) is 4.79. The molecule has 28 heavy (non-hydrogen) atoms.